The van der Waals surface area contributed by atoms with Crippen LogP contribution < -0.4 is 4.72 Å². The van der Waals surface area contributed by atoms with Crippen molar-refractivity contribution in [3.8, 4) is 0 Å². The number of anilines is 1. The van der Waals surface area contributed by atoms with Crippen LogP contribution in [0.4, 0.5) is 5.69 Å². The number of benzene rings is 2. The van der Waals surface area contributed by atoms with E-state index >= 15 is 0 Å². The van der Waals surface area contributed by atoms with Crippen LogP contribution in [0.15, 0.2) is 47.9 Å². The van der Waals surface area contributed by atoms with Gasteiger partial charge in [-0.2, -0.15) is 0 Å². The molecule has 0 amide bonds. The molecule has 0 aliphatic carbocycles. The smallest absolute Gasteiger partial charge is 0.255 e. The minimum atomic E-state index is -3.58. The zero-order chi connectivity index (χ0) is 15.5. The lowest BCUT2D eigenvalue weighted by Crippen LogP contribution is -2.09. The molecule has 110 valence electrons. The Balaban J connectivity index is 2.16. The molecular formula is C15H13Cl2NO2S. The van der Waals surface area contributed by atoms with Crippen molar-refractivity contribution < 1.29 is 8.42 Å². The number of aryl methyl sites for hydroxylation is 1. The molecule has 0 radical (unpaired) electrons. The van der Waals surface area contributed by atoms with Crippen LogP contribution in [0.3, 0.4) is 0 Å². The average Bonchev–Trinajstić information content (AvgIpc) is 2.41. The van der Waals surface area contributed by atoms with Crippen LogP contribution >= 0.6 is 23.2 Å². The second-order valence-corrected chi connectivity index (χ2v) is 6.90. The zero-order valence-corrected chi connectivity index (χ0v) is 13.5. The van der Waals surface area contributed by atoms with Crippen molar-refractivity contribution in [2.75, 3.05) is 4.72 Å². The van der Waals surface area contributed by atoms with E-state index in [1.54, 1.807) is 49.4 Å². The van der Waals surface area contributed by atoms with E-state index < -0.39 is 10.0 Å². The molecule has 1 N–H and O–H groups in total. The van der Waals surface area contributed by atoms with Crippen molar-refractivity contribution in [2.24, 2.45) is 0 Å². The summed E-state index contributed by atoms with van der Waals surface area (Å²) in [6, 6.07) is 11.8. The summed E-state index contributed by atoms with van der Waals surface area (Å²) in [6.07, 6.45) is 1.50. The minimum Gasteiger partial charge on any atom is -0.280 e. The third-order valence-electron chi connectivity index (χ3n) is 2.75. The normalized spacial score (nSPS) is 11.8. The predicted molar refractivity (Wildman–Crippen MR) is 89.2 cm³/mol. The Labute approximate surface area is 134 Å². The summed E-state index contributed by atoms with van der Waals surface area (Å²) in [6.45, 7) is 1.78. The molecule has 2 aromatic rings. The fourth-order valence-corrected chi connectivity index (χ4v) is 2.96. The van der Waals surface area contributed by atoms with E-state index in [-0.39, 0.29) is 0 Å². The van der Waals surface area contributed by atoms with Crippen LogP contribution in [0.5, 0.6) is 0 Å². The lowest BCUT2D eigenvalue weighted by atomic mass is 10.2. The summed E-state index contributed by atoms with van der Waals surface area (Å²) >= 11 is 11.6. The lowest BCUT2D eigenvalue weighted by molar-refractivity contribution is 0.609. The molecule has 0 atom stereocenters. The molecule has 0 fully saturated rings. The van der Waals surface area contributed by atoms with Crippen LogP contribution in [0.2, 0.25) is 10.0 Å². The van der Waals surface area contributed by atoms with Gasteiger partial charge in [-0.25, -0.2) is 8.42 Å². The van der Waals surface area contributed by atoms with Gasteiger partial charge in [0.05, 0.1) is 11.1 Å². The number of sulfonamides is 1. The fraction of sp³-hybridized carbons (Fsp3) is 0.0667. The molecule has 0 aromatic heterocycles. The number of hydrogen-bond acceptors (Lipinski definition) is 2. The fourth-order valence-electron chi connectivity index (χ4n) is 1.67. The maximum Gasteiger partial charge on any atom is 0.255 e. The second kappa shape index (κ2) is 6.52. The number of rotatable bonds is 4. The predicted octanol–water partition coefficient (Wildman–Crippen LogP) is 4.71. The molecular weight excluding hydrogens is 329 g/mol. The van der Waals surface area contributed by atoms with Gasteiger partial charge in [-0.05, 0) is 54.5 Å². The Morgan fingerprint density at radius 1 is 1.00 bits per heavy atom. The van der Waals surface area contributed by atoms with Crippen LogP contribution in [0, 0.1) is 6.92 Å². The first-order valence-corrected chi connectivity index (χ1v) is 8.38. The highest BCUT2D eigenvalue weighted by Gasteiger charge is 2.08. The third kappa shape index (κ3) is 4.77. The maximum atomic E-state index is 12.0. The Bertz CT molecular complexity index is 769. The highest BCUT2D eigenvalue weighted by Crippen LogP contribution is 2.21. The molecule has 0 bridgehead atoms. The number of halogens is 2. The summed E-state index contributed by atoms with van der Waals surface area (Å²) in [7, 11) is -3.58. The van der Waals surface area contributed by atoms with Gasteiger partial charge >= 0.3 is 0 Å². The molecule has 0 saturated carbocycles. The molecule has 0 aliphatic rings. The Hall–Kier alpha value is -1.49. The summed E-state index contributed by atoms with van der Waals surface area (Å²) in [4.78, 5) is 0. The van der Waals surface area contributed by atoms with E-state index in [1.807, 2.05) is 0 Å². The highest BCUT2D eigenvalue weighted by molar-refractivity contribution is 7.95. The zero-order valence-electron chi connectivity index (χ0n) is 11.2. The minimum absolute atomic E-state index is 0.500. The van der Waals surface area contributed by atoms with E-state index in [2.05, 4.69) is 4.72 Å². The van der Waals surface area contributed by atoms with Crippen LogP contribution in [0.1, 0.15) is 11.1 Å². The summed E-state index contributed by atoms with van der Waals surface area (Å²) in [5.74, 6) is 0. The van der Waals surface area contributed by atoms with Crippen molar-refractivity contribution >= 4 is 45.0 Å². The number of hydrogen-bond donors (Lipinski definition) is 1. The van der Waals surface area contributed by atoms with Gasteiger partial charge in [-0.3, -0.25) is 4.72 Å². The molecule has 0 heterocycles. The monoisotopic (exact) mass is 341 g/mol. The molecule has 6 heteroatoms. The van der Waals surface area contributed by atoms with Crippen molar-refractivity contribution in [3.05, 3.63) is 69.0 Å². The Morgan fingerprint density at radius 2 is 1.62 bits per heavy atom. The van der Waals surface area contributed by atoms with E-state index in [9.17, 15) is 8.42 Å². The van der Waals surface area contributed by atoms with Gasteiger partial charge in [0.1, 0.15) is 0 Å². The van der Waals surface area contributed by atoms with E-state index in [4.69, 9.17) is 23.2 Å². The van der Waals surface area contributed by atoms with Gasteiger partial charge < -0.3 is 0 Å². The largest absolute Gasteiger partial charge is 0.280 e. The SMILES string of the molecule is Cc1cc(Cl)ccc1NS(=O)(=O)/C=C/c1ccc(Cl)cc1. The molecule has 2 aromatic carbocycles. The van der Waals surface area contributed by atoms with Crippen molar-refractivity contribution in [1.29, 1.82) is 0 Å². The lowest BCUT2D eigenvalue weighted by Gasteiger charge is -2.08. The molecule has 2 rings (SSSR count). The maximum absolute atomic E-state index is 12.0. The second-order valence-electron chi connectivity index (χ2n) is 4.46. The van der Waals surface area contributed by atoms with Gasteiger partial charge in [-0.1, -0.05) is 35.3 Å². The quantitative estimate of drug-likeness (QED) is 0.874. The van der Waals surface area contributed by atoms with Gasteiger partial charge in [0.25, 0.3) is 10.0 Å². The van der Waals surface area contributed by atoms with Crippen molar-refractivity contribution in [1.82, 2.24) is 0 Å². The third-order valence-corrected chi connectivity index (χ3v) is 4.24. The van der Waals surface area contributed by atoms with Crippen molar-refractivity contribution in [2.45, 2.75) is 6.92 Å². The average molecular weight is 342 g/mol. The number of nitrogens with one attached hydrogen (secondary N) is 1. The van der Waals surface area contributed by atoms with Crippen molar-refractivity contribution in [3.63, 3.8) is 0 Å². The first-order chi connectivity index (χ1) is 9.85. The van der Waals surface area contributed by atoms with Crippen LogP contribution in [-0.2, 0) is 10.0 Å². The first kappa shape index (κ1) is 15.9. The molecule has 0 aliphatic heterocycles. The highest BCUT2D eigenvalue weighted by atomic mass is 35.5. The first-order valence-electron chi connectivity index (χ1n) is 6.08. The summed E-state index contributed by atoms with van der Waals surface area (Å²) in [5.41, 5.74) is 2.00. The Kier molecular flexibility index (Phi) is 4.93. The summed E-state index contributed by atoms with van der Waals surface area (Å²) < 4.78 is 26.5. The Morgan fingerprint density at radius 3 is 2.24 bits per heavy atom. The molecule has 0 spiro atoms. The van der Waals surface area contributed by atoms with Gasteiger partial charge in [0, 0.05) is 10.0 Å². The van der Waals surface area contributed by atoms with Crippen LogP contribution in [0.25, 0.3) is 6.08 Å². The van der Waals surface area contributed by atoms with E-state index in [0.717, 1.165) is 16.5 Å². The molecule has 3 nitrogen and oxygen atoms in total. The van der Waals surface area contributed by atoms with Gasteiger partial charge in [0.15, 0.2) is 0 Å². The molecule has 0 saturated heterocycles. The molecule has 0 unspecified atom stereocenters. The molecule has 21 heavy (non-hydrogen) atoms. The van der Waals surface area contributed by atoms with Gasteiger partial charge in [0.2, 0.25) is 0 Å². The van der Waals surface area contributed by atoms with E-state index in [1.165, 1.54) is 6.08 Å². The van der Waals surface area contributed by atoms with E-state index in [0.29, 0.717) is 15.7 Å². The standard InChI is InChI=1S/C15H13Cl2NO2S/c1-11-10-14(17)6-7-15(11)18-21(19,20)9-8-12-2-4-13(16)5-3-12/h2-10,18H,1H3/b9-8+. The summed E-state index contributed by atoms with van der Waals surface area (Å²) in [5, 5.41) is 2.28. The van der Waals surface area contributed by atoms with Crippen LogP contribution in [-0.4, -0.2) is 8.42 Å². The topological polar surface area (TPSA) is 46.2 Å². The van der Waals surface area contributed by atoms with Gasteiger partial charge in [-0.15, -0.1) is 0 Å².